The molecule has 0 atom stereocenters. The van der Waals surface area contributed by atoms with Gasteiger partial charge in [0.2, 0.25) is 0 Å². The van der Waals surface area contributed by atoms with Crippen molar-refractivity contribution in [2.75, 3.05) is 13.6 Å². The molecule has 0 saturated carbocycles. The summed E-state index contributed by atoms with van der Waals surface area (Å²) in [6.07, 6.45) is 1.72. The van der Waals surface area contributed by atoms with E-state index in [4.69, 9.17) is 9.41 Å². The van der Waals surface area contributed by atoms with E-state index in [0.717, 1.165) is 31.4 Å². The Labute approximate surface area is 157 Å². The number of hydrogen-bond donors (Lipinski definition) is 2. The third-order valence-electron chi connectivity index (χ3n) is 3.81. The summed E-state index contributed by atoms with van der Waals surface area (Å²) in [5, 5.41) is 6.75. The quantitative estimate of drug-likeness (QED) is 0.586. The van der Waals surface area contributed by atoms with Crippen molar-refractivity contribution in [1.82, 2.24) is 15.5 Å². The highest BCUT2D eigenvalue weighted by Crippen LogP contribution is 2.14. The van der Waals surface area contributed by atoms with E-state index in [1.54, 1.807) is 6.26 Å². The van der Waals surface area contributed by atoms with Gasteiger partial charge in [0.1, 0.15) is 5.76 Å². The Kier molecular flexibility index (Phi) is 7.27. The molecule has 0 aliphatic heterocycles. The lowest BCUT2D eigenvalue weighted by Crippen LogP contribution is -2.47. The molecule has 26 heavy (non-hydrogen) atoms. The van der Waals surface area contributed by atoms with Gasteiger partial charge < -0.3 is 15.1 Å². The van der Waals surface area contributed by atoms with E-state index in [-0.39, 0.29) is 5.54 Å². The molecular formula is C21H32N4O. The van der Waals surface area contributed by atoms with Crippen LogP contribution in [-0.2, 0) is 19.6 Å². The van der Waals surface area contributed by atoms with Gasteiger partial charge in [-0.3, -0.25) is 4.90 Å². The minimum atomic E-state index is -0.0240. The Morgan fingerprint density at radius 2 is 1.81 bits per heavy atom. The topological polar surface area (TPSA) is 52.8 Å². The Bertz CT molecular complexity index is 686. The van der Waals surface area contributed by atoms with Gasteiger partial charge >= 0.3 is 0 Å². The number of aliphatic imine (C=N–C) groups is 1. The van der Waals surface area contributed by atoms with Gasteiger partial charge in [0.15, 0.2) is 5.96 Å². The second-order valence-electron chi connectivity index (χ2n) is 7.59. The van der Waals surface area contributed by atoms with Crippen molar-refractivity contribution in [3.63, 3.8) is 0 Å². The molecule has 0 aliphatic carbocycles. The summed E-state index contributed by atoms with van der Waals surface area (Å²) in [6, 6.07) is 12.4. The van der Waals surface area contributed by atoms with Crippen LogP contribution in [0, 0.1) is 0 Å². The molecule has 5 nitrogen and oxygen atoms in total. The Morgan fingerprint density at radius 1 is 1.08 bits per heavy atom. The number of guanidine groups is 1. The molecule has 0 unspecified atom stereocenters. The van der Waals surface area contributed by atoms with E-state index in [9.17, 15) is 0 Å². The summed E-state index contributed by atoms with van der Waals surface area (Å²) < 4.78 is 5.44. The number of nitrogens with zero attached hydrogens (tertiary/aromatic N) is 2. The molecule has 2 rings (SSSR count). The lowest BCUT2D eigenvalue weighted by Gasteiger charge is -2.24. The minimum Gasteiger partial charge on any atom is -0.468 e. The van der Waals surface area contributed by atoms with Crippen LogP contribution in [-0.4, -0.2) is 30.0 Å². The summed E-state index contributed by atoms with van der Waals surface area (Å²) in [7, 11) is 2.10. The number of rotatable bonds is 7. The van der Waals surface area contributed by atoms with Gasteiger partial charge in [-0.15, -0.1) is 0 Å². The molecule has 0 amide bonds. The van der Waals surface area contributed by atoms with E-state index >= 15 is 0 Å². The van der Waals surface area contributed by atoms with Crippen LogP contribution < -0.4 is 10.6 Å². The fourth-order valence-corrected chi connectivity index (χ4v) is 2.71. The molecular weight excluding hydrogens is 324 g/mol. The molecule has 0 spiro atoms. The van der Waals surface area contributed by atoms with E-state index in [1.807, 2.05) is 12.1 Å². The number of nitrogens with one attached hydrogen (secondary N) is 2. The molecule has 1 heterocycles. The molecule has 0 aliphatic rings. The van der Waals surface area contributed by atoms with Gasteiger partial charge in [-0.05, 0) is 58.0 Å². The van der Waals surface area contributed by atoms with Crippen molar-refractivity contribution in [3.05, 3.63) is 59.5 Å². The third-order valence-corrected chi connectivity index (χ3v) is 3.81. The average molecular weight is 357 g/mol. The van der Waals surface area contributed by atoms with E-state index in [1.165, 1.54) is 11.1 Å². The normalized spacial score (nSPS) is 12.5. The third kappa shape index (κ3) is 6.92. The first-order valence-electron chi connectivity index (χ1n) is 9.21. The van der Waals surface area contributed by atoms with E-state index in [0.29, 0.717) is 6.54 Å². The van der Waals surface area contributed by atoms with Crippen LogP contribution in [0.15, 0.2) is 52.1 Å². The Hall–Kier alpha value is -2.27. The van der Waals surface area contributed by atoms with Crippen LogP contribution in [0.1, 0.15) is 44.6 Å². The fourth-order valence-electron chi connectivity index (χ4n) is 2.71. The molecule has 0 saturated heterocycles. The summed E-state index contributed by atoms with van der Waals surface area (Å²) in [5.74, 6) is 1.82. The largest absolute Gasteiger partial charge is 0.468 e. The average Bonchev–Trinajstić information content (AvgIpc) is 3.05. The zero-order valence-electron chi connectivity index (χ0n) is 16.7. The highest BCUT2D eigenvalue weighted by molar-refractivity contribution is 5.80. The van der Waals surface area contributed by atoms with Crippen LogP contribution in [0.25, 0.3) is 0 Å². The molecule has 1 aromatic heterocycles. The second kappa shape index (κ2) is 9.43. The van der Waals surface area contributed by atoms with E-state index < -0.39 is 0 Å². The zero-order valence-corrected chi connectivity index (χ0v) is 16.7. The van der Waals surface area contributed by atoms with Crippen LogP contribution >= 0.6 is 0 Å². The summed E-state index contributed by atoms with van der Waals surface area (Å²) in [4.78, 5) is 7.02. The predicted molar refractivity (Wildman–Crippen MR) is 108 cm³/mol. The lowest BCUT2D eigenvalue weighted by molar-refractivity contribution is 0.287. The van der Waals surface area contributed by atoms with Crippen LogP contribution in [0.4, 0.5) is 0 Å². The smallest absolute Gasteiger partial charge is 0.191 e. The van der Waals surface area contributed by atoms with Crippen LogP contribution in [0.3, 0.4) is 0 Å². The van der Waals surface area contributed by atoms with Gasteiger partial charge in [0, 0.05) is 18.6 Å². The van der Waals surface area contributed by atoms with Gasteiger partial charge in [-0.25, -0.2) is 4.99 Å². The molecule has 0 fully saturated rings. The SMILES string of the molecule is CCNC(=NCc1ccccc1CN(C)Cc1ccco1)NC(C)(C)C. The highest BCUT2D eigenvalue weighted by atomic mass is 16.3. The van der Waals surface area contributed by atoms with Crippen molar-refractivity contribution in [2.45, 2.75) is 52.9 Å². The van der Waals surface area contributed by atoms with Crippen LogP contribution in [0.2, 0.25) is 0 Å². The first-order chi connectivity index (χ1) is 12.4. The zero-order chi connectivity index (χ0) is 19.0. The second-order valence-corrected chi connectivity index (χ2v) is 7.59. The Morgan fingerprint density at radius 3 is 2.42 bits per heavy atom. The van der Waals surface area contributed by atoms with Crippen molar-refractivity contribution >= 4 is 5.96 Å². The number of benzene rings is 1. The monoisotopic (exact) mass is 356 g/mol. The summed E-state index contributed by atoms with van der Waals surface area (Å²) in [6.45, 7) is 11.6. The fraction of sp³-hybridized carbons (Fsp3) is 0.476. The molecule has 5 heteroatoms. The van der Waals surface area contributed by atoms with Crippen molar-refractivity contribution in [3.8, 4) is 0 Å². The molecule has 142 valence electrons. The maximum atomic E-state index is 5.44. The van der Waals surface area contributed by atoms with Crippen LogP contribution in [0.5, 0.6) is 0 Å². The first kappa shape index (κ1) is 20.0. The van der Waals surface area contributed by atoms with Crippen molar-refractivity contribution in [1.29, 1.82) is 0 Å². The lowest BCUT2D eigenvalue weighted by atomic mass is 10.1. The molecule has 0 bridgehead atoms. The van der Waals surface area contributed by atoms with Crippen molar-refractivity contribution in [2.24, 2.45) is 4.99 Å². The Balaban J connectivity index is 2.06. The van der Waals surface area contributed by atoms with Crippen molar-refractivity contribution < 1.29 is 4.42 Å². The molecule has 2 aromatic rings. The maximum absolute atomic E-state index is 5.44. The molecule has 2 N–H and O–H groups in total. The summed E-state index contributed by atoms with van der Waals surface area (Å²) in [5.41, 5.74) is 2.51. The molecule has 0 radical (unpaired) electrons. The van der Waals surface area contributed by atoms with Gasteiger partial charge in [0.05, 0.1) is 19.4 Å². The predicted octanol–water partition coefficient (Wildman–Crippen LogP) is 3.77. The number of furan rings is 1. The van der Waals surface area contributed by atoms with Gasteiger partial charge in [-0.2, -0.15) is 0 Å². The standard InChI is InChI=1S/C21H32N4O/c1-6-22-20(24-21(2,3)4)23-14-17-10-7-8-11-18(17)15-25(5)16-19-12-9-13-26-19/h7-13H,6,14-16H2,1-5H3,(H2,22,23,24). The highest BCUT2D eigenvalue weighted by Gasteiger charge is 2.12. The first-order valence-corrected chi connectivity index (χ1v) is 9.21. The maximum Gasteiger partial charge on any atom is 0.191 e. The van der Waals surface area contributed by atoms with Gasteiger partial charge in [0.25, 0.3) is 0 Å². The minimum absolute atomic E-state index is 0.0240. The van der Waals surface area contributed by atoms with Gasteiger partial charge in [-0.1, -0.05) is 24.3 Å². The molecule has 1 aromatic carbocycles. The summed E-state index contributed by atoms with van der Waals surface area (Å²) >= 11 is 0. The number of hydrogen-bond acceptors (Lipinski definition) is 3. The van der Waals surface area contributed by atoms with E-state index in [2.05, 4.69) is 74.5 Å².